The first-order valence-electron chi connectivity index (χ1n) is 10.7. The SMILES string of the molecule is Cc1ccc(C(=O)Nc2nn(C(=O)c3ccccc3)c3c2CN(C(=O)OC(C)(C)C)C3)cc1. The minimum Gasteiger partial charge on any atom is -0.444 e. The van der Waals surface area contributed by atoms with Crippen molar-refractivity contribution in [2.24, 2.45) is 0 Å². The first-order valence-corrected chi connectivity index (χ1v) is 10.7. The number of amides is 2. The van der Waals surface area contributed by atoms with Crippen LogP contribution in [0.25, 0.3) is 0 Å². The predicted octanol–water partition coefficient (Wildman–Crippen LogP) is 4.38. The zero-order valence-electron chi connectivity index (χ0n) is 19.1. The maximum Gasteiger partial charge on any atom is 0.410 e. The van der Waals surface area contributed by atoms with Crippen molar-refractivity contribution in [1.82, 2.24) is 14.7 Å². The van der Waals surface area contributed by atoms with E-state index in [0.717, 1.165) is 5.56 Å². The zero-order valence-corrected chi connectivity index (χ0v) is 19.1. The van der Waals surface area contributed by atoms with Gasteiger partial charge in [-0.25, -0.2) is 4.79 Å². The summed E-state index contributed by atoms with van der Waals surface area (Å²) in [5, 5.41) is 7.23. The Morgan fingerprint density at radius 2 is 1.61 bits per heavy atom. The van der Waals surface area contributed by atoms with Gasteiger partial charge in [0.05, 0.1) is 18.8 Å². The zero-order chi connectivity index (χ0) is 23.8. The minimum atomic E-state index is -0.653. The number of aryl methyl sites for hydroxylation is 1. The van der Waals surface area contributed by atoms with Crippen molar-refractivity contribution >= 4 is 23.7 Å². The van der Waals surface area contributed by atoms with Crippen LogP contribution in [0.4, 0.5) is 10.6 Å². The molecule has 0 atom stereocenters. The maximum atomic E-state index is 13.2. The molecule has 2 aromatic carbocycles. The van der Waals surface area contributed by atoms with Crippen LogP contribution in [0.1, 0.15) is 58.3 Å². The van der Waals surface area contributed by atoms with Crippen molar-refractivity contribution in [3.8, 4) is 0 Å². The number of carbonyl (C=O) groups is 3. The van der Waals surface area contributed by atoms with Gasteiger partial charge in [0.1, 0.15) is 5.60 Å². The van der Waals surface area contributed by atoms with Crippen LogP contribution in [-0.4, -0.2) is 38.2 Å². The van der Waals surface area contributed by atoms with Crippen LogP contribution in [0, 0.1) is 6.92 Å². The molecule has 3 aromatic rings. The quantitative estimate of drug-likeness (QED) is 0.644. The Morgan fingerprint density at radius 1 is 0.939 bits per heavy atom. The molecule has 0 unspecified atom stereocenters. The molecule has 0 aliphatic carbocycles. The van der Waals surface area contributed by atoms with Gasteiger partial charge >= 0.3 is 6.09 Å². The molecule has 1 aliphatic rings. The number of fused-ring (bicyclic) bond motifs is 1. The van der Waals surface area contributed by atoms with Crippen LogP contribution >= 0.6 is 0 Å². The molecule has 0 radical (unpaired) electrons. The summed E-state index contributed by atoms with van der Waals surface area (Å²) in [4.78, 5) is 40.2. The number of nitrogens with one attached hydrogen (secondary N) is 1. The topological polar surface area (TPSA) is 93.5 Å². The number of carbonyl (C=O) groups excluding carboxylic acids is 3. The largest absolute Gasteiger partial charge is 0.444 e. The molecule has 4 rings (SSSR count). The first kappa shape index (κ1) is 22.3. The summed E-state index contributed by atoms with van der Waals surface area (Å²) < 4.78 is 6.76. The standard InChI is InChI=1S/C25H26N4O4/c1-16-10-12-17(13-11-16)22(30)26-21-19-14-28(24(32)33-25(2,3)4)15-20(19)29(27-21)23(31)18-8-6-5-7-9-18/h5-13H,14-15H2,1-4H3,(H,26,27,30). The Balaban J connectivity index is 1.67. The average molecular weight is 447 g/mol. The summed E-state index contributed by atoms with van der Waals surface area (Å²) in [7, 11) is 0. The Kier molecular flexibility index (Phi) is 5.76. The highest BCUT2D eigenvalue weighted by atomic mass is 16.6. The predicted molar refractivity (Wildman–Crippen MR) is 123 cm³/mol. The minimum absolute atomic E-state index is 0.149. The Hall–Kier alpha value is -3.94. The van der Waals surface area contributed by atoms with Gasteiger partial charge in [-0.1, -0.05) is 35.9 Å². The molecule has 8 heteroatoms. The third-order valence-corrected chi connectivity index (χ3v) is 5.19. The molecule has 1 aliphatic heterocycles. The lowest BCUT2D eigenvalue weighted by atomic mass is 10.1. The third kappa shape index (κ3) is 4.79. The van der Waals surface area contributed by atoms with E-state index >= 15 is 0 Å². The van der Waals surface area contributed by atoms with Gasteiger partial charge in [-0.2, -0.15) is 4.68 Å². The van der Waals surface area contributed by atoms with Crippen LogP contribution in [0.3, 0.4) is 0 Å². The lowest BCUT2D eigenvalue weighted by molar-refractivity contribution is 0.0238. The van der Waals surface area contributed by atoms with Gasteiger partial charge in [0.25, 0.3) is 11.8 Å². The summed E-state index contributed by atoms with van der Waals surface area (Å²) in [6.45, 7) is 7.65. The Morgan fingerprint density at radius 3 is 2.24 bits per heavy atom. The highest BCUT2D eigenvalue weighted by molar-refractivity contribution is 6.04. The van der Waals surface area contributed by atoms with Gasteiger partial charge in [-0.15, -0.1) is 5.10 Å². The number of nitrogens with zero attached hydrogens (tertiary/aromatic N) is 3. The second-order valence-corrected chi connectivity index (χ2v) is 9.01. The van der Waals surface area contributed by atoms with Crippen molar-refractivity contribution in [3.63, 3.8) is 0 Å². The maximum absolute atomic E-state index is 13.2. The van der Waals surface area contributed by atoms with Crippen LogP contribution in [0.2, 0.25) is 0 Å². The lowest BCUT2D eigenvalue weighted by Crippen LogP contribution is -2.34. The van der Waals surface area contributed by atoms with Gasteiger partial charge in [-0.05, 0) is 52.0 Å². The molecule has 1 N–H and O–H groups in total. The number of anilines is 1. The first-order chi connectivity index (χ1) is 15.6. The fourth-order valence-corrected chi connectivity index (χ4v) is 3.55. The summed E-state index contributed by atoms with van der Waals surface area (Å²) in [5.74, 6) is -0.426. The van der Waals surface area contributed by atoms with Crippen LogP contribution in [-0.2, 0) is 17.8 Å². The monoisotopic (exact) mass is 446 g/mol. The van der Waals surface area contributed by atoms with Crippen LogP contribution in [0.5, 0.6) is 0 Å². The molecule has 2 heterocycles. The average Bonchev–Trinajstić information content (AvgIpc) is 3.34. The van der Waals surface area contributed by atoms with Crippen LogP contribution < -0.4 is 5.32 Å². The second-order valence-electron chi connectivity index (χ2n) is 9.01. The number of rotatable bonds is 3. The van der Waals surface area contributed by atoms with E-state index < -0.39 is 11.7 Å². The molecule has 0 saturated carbocycles. The summed E-state index contributed by atoms with van der Waals surface area (Å²) >= 11 is 0. The molecule has 33 heavy (non-hydrogen) atoms. The Bertz CT molecular complexity index is 1210. The molecule has 1 aromatic heterocycles. The molecule has 0 saturated heterocycles. The van der Waals surface area contributed by atoms with Gasteiger partial charge in [0.2, 0.25) is 0 Å². The van der Waals surface area contributed by atoms with E-state index in [1.807, 2.05) is 25.1 Å². The summed E-state index contributed by atoms with van der Waals surface area (Å²) in [5.41, 5.74) is 2.48. The molecule has 2 amide bonds. The van der Waals surface area contributed by atoms with Crippen molar-refractivity contribution in [2.75, 3.05) is 5.32 Å². The smallest absolute Gasteiger partial charge is 0.410 e. The van der Waals surface area contributed by atoms with Gasteiger partial charge in [-0.3, -0.25) is 14.5 Å². The molecular weight excluding hydrogens is 420 g/mol. The molecule has 0 fully saturated rings. The fraction of sp³-hybridized carbons (Fsp3) is 0.280. The summed E-state index contributed by atoms with van der Waals surface area (Å²) in [6, 6.07) is 15.9. The van der Waals surface area contributed by atoms with Gasteiger partial charge in [0.15, 0.2) is 5.82 Å². The van der Waals surface area contributed by atoms with E-state index in [1.54, 1.807) is 57.2 Å². The summed E-state index contributed by atoms with van der Waals surface area (Å²) in [6.07, 6.45) is -0.492. The number of benzene rings is 2. The Labute approximate surface area is 192 Å². The molecule has 0 bridgehead atoms. The number of aromatic nitrogens is 2. The van der Waals surface area contributed by atoms with Crippen LogP contribution in [0.15, 0.2) is 54.6 Å². The van der Waals surface area contributed by atoms with E-state index in [9.17, 15) is 14.4 Å². The number of ether oxygens (including phenoxy) is 1. The normalized spacial score (nSPS) is 12.9. The van der Waals surface area contributed by atoms with Gasteiger partial charge < -0.3 is 10.1 Å². The molecule has 8 nitrogen and oxygen atoms in total. The molecule has 0 spiro atoms. The molecular formula is C25H26N4O4. The molecule has 170 valence electrons. The van der Waals surface area contributed by atoms with E-state index in [1.165, 1.54) is 9.58 Å². The van der Waals surface area contributed by atoms with E-state index in [0.29, 0.717) is 22.4 Å². The number of hydrogen-bond acceptors (Lipinski definition) is 5. The van der Waals surface area contributed by atoms with E-state index in [4.69, 9.17) is 4.74 Å². The van der Waals surface area contributed by atoms with Crippen molar-refractivity contribution in [3.05, 3.63) is 82.5 Å². The fourth-order valence-electron chi connectivity index (χ4n) is 3.55. The highest BCUT2D eigenvalue weighted by Crippen LogP contribution is 2.31. The lowest BCUT2D eigenvalue weighted by Gasteiger charge is -2.24. The van der Waals surface area contributed by atoms with Gasteiger partial charge in [0, 0.05) is 16.7 Å². The van der Waals surface area contributed by atoms with Crippen molar-refractivity contribution in [2.45, 2.75) is 46.4 Å². The number of hydrogen-bond donors (Lipinski definition) is 1. The van der Waals surface area contributed by atoms with E-state index in [2.05, 4.69) is 10.4 Å². The second kappa shape index (κ2) is 8.54. The highest BCUT2D eigenvalue weighted by Gasteiger charge is 2.35. The van der Waals surface area contributed by atoms with E-state index in [-0.39, 0.29) is 30.7 Å². The third-order valence-electron chi connectivity index (χ3n) is 5.19. The van der Waals surface area contributed by atoms with Crippen molar-refractivity contribution < 1.29 is 19.1 Å². The van der Waals surface area contributed by atoms with Crippen molar-refractivity contribution in [1.29, 1.82) is 0 Å².